The highest BCUT2D eigenvalue weighted by Gasteiger charge is 2.32. The van der Waals surface area contributed by atoms with E-state index in [-0.39, 0.29) is 41.5 Å². The smallest absolute Gasteiger partial charge is 0.243 e. The van der Waals surface area contributed by atoms with Crippen LogP contribution >= 0.6 is 11.8 Å². The van der Waals surface area contributed by atoms with Gasteiger partial charge in [-0.15, -0.1) is 11.8 Å². The van der Waals surface area contributed by atoms with Crippen LogP contribution in [0.15, 0.2) is 28.0 Å². The van der Waals surface area contributed by atoms with Crippen LogP contribution in [-0.4, -0.2) is 43.4 Å². The fourth-order valence-electron chi connectivity index (χ4n) is 2.75. The summed E-state index contributed by atoms with van der Waals surface area (Å²) < 4.78 is 26.8. The van der Waals surface area contributed by atoms with Crippen molar-refractivity contribution in [2.24, 2.45) is 11.7 Å². The van der Waals surface area contributed by atoms with Gasteiger partial charge in [0.05, 0.1) is 16.3 Å². The highest BCUT2D eigenvalue weighted by Crippen LogP contribution is 2.34. The molecule has 0 bridgehead atoms. The molecule has 1 fully saturated rings. The number of carbonyl (C=O) groups is 2. The summed E-state index contributed by atoms with van der Waals surface area (Å²) >= 11 is 1.32. The third-order valence-corrected chi connectivity index (χ3v) is 7.03. The van der Waals surface area contributed by atoms with Crippen LogP contribution in [0.25, 0.3) is 0 Å². The van der Waals surface area contributed by atoms with E-state index in [1.165, 1.54) is 22.1 Å². The lowest BCUT2D eigenvalue weighted by Crippen LogP contribution is -2.41. The van der Waals surface area contributed by atoms with Crippen LogP contribution in [0.5, 0.6) is 0 Å². The number of fused-ring (bicyclic) bond motifs is 1. The molecule has 124 valence electrons. The standard InChI is InChI=1S/C14H17N3O4S2/c15-14(19)9-3-5-17(6-4-9)23(20,21)10-1-2-11-12(7-10)22-8-13(18)16-11/h1-2,7,9H,3-6,8H2,(H2,15,19)(H,16,18). The largest absolute Gasteiger partial charge is 0.369 e. The molecule has 1 saturated heterocycles. The van der Waals surface area contributed by atoms with E-state index in [1.807, 2.05) is 0 Å². The molecule has 0 unspecified atom stereocenters. The fraction of sp³-hybridized carbons (Fsp3) is 0.429. The minimum Gasteiger partial charge on any atom is -0.369 e. The van der Waals surface area contributed by atoms with Gasteiger partial charge in [0.15, 0.2) is 0 Å². The number of sulfonamides is 1. The maximum Gasteiger partial charge on any atom is 0.243 e. The van der Waals surface area contributed by atoms with Gasteiger partial charge >= 0.3 is 0 Å². The zero-order valence-corrected chi connectivity index (χ0v) is 14.0. The van der Waals surface area contributed by atoms with Crippen LogP contribution < -0.4 is 11.1 Å². The molecule has 0 radical (unpaired) electrons. The second-order valence-corrected chi connectivity index (χ2v) is 8.53. The topological polar surface area (TPSA) is 110 Å². The lowest BCUT2D eigenvalue weighted by molar-refractivity contribution is -0.122. The molecule has 3 rings (SSSR count). The van der Waals surface area contributed by atoms with Gasteiger partial charge in [-0.2, -0.15) is 4.31 Å². The monoisotopic (exact) mass is 355 g/mol. The maximum atomic E-state index is 12.7. The number of hydrogen-bond donors (Lipinski definition) is 2. The average molecular weight is 355 g/mol. The summed E-state index contributed by atoms with van der Waals surface area (Å²) in [6.07, 6.45) is 0.897. The third kappa shape index (κ3) is 3.22. The summed E-state index contributed by atoms with van der Waals surface area (Å²) in [7, 11) is -3.60. The molecular weight excluding hydrogens is 338 g/mol. The van der Waals surface area contributed by atoms with Crippen LogP contribution in [0.2, 0.25) is 0 Å². The van der Waals surface area contributed by atoms with Crippen molar-refractivity contribution in [2.45, 2.75) is 22.6 Å². The number of benzene rings is 1. The molecule has 2 aliphatic rings. The first-order valence-corrected chi connectivity index (χ1v) is 9.66. The molecule has 0 aromatic heterocycles. The van der Waals surface area contributed by atoms with Gasteiger partial charge in [0.25, 0.3) is 0 Å². The van der Waals surface area contributed by atoms with Crippen molar-refractivity contribution in [1.29, 1.82) is 0 Å². The van der Waals surface area contributed by atoms with Crippen LogP contribution in [-0.2, 0) is 19.6 Å². The van der Waals surface area contributed by atoms with E-state index in [0.29, 0.717) is 18.5 Å². The van der Waals surface area contributed by atoms with Crippen molar-refractivity contribution in [2.75, 3.05) is 24.2 Å². The molecule has 7 nitrogen and oxygen atoms in total. The molecule has 23 heavy (non-hydrogen) atoms. The zero-order valence-electron chi connectivity index (χ0n) is 12.3. The van der Waals surface area contributed by atoms with E-state index >= 15 is 0 Å². The zero-order chi connectivity index (χ0) is 16.6. The van der Waals surface area contributed by atoms with Gasteiger partial charge in [0.2, 0.25) is 21.8 Å². The normalized spacial score (nSPS) is 19.9. The number of carbonyl (C=O) groups excluding carboxylic acids is 2. The maximum absolute atomic E-state index is 12.7. The molecular formula is C14H17N3O4S2. The number of piperidine rings is 1. The van der Waals surface area contributed by atoms with Crippen LogP contribution in [0.3, 0.4) is 0 Å². The molecule has 1 aromatic carbocycles. The second-order valence-electron chi connectivity index (χ2n) is 5.58. The van der Waals surface area contributed by atoms with Crippen molar-refractivity contribution in [3.63, 3.8) is 0 Å². The summed E-state index contributed by atoms with van der Waals surface area (Å²) in [6, 6.07) is 4.71. The summed E-state index contributed by atoms with van der Waals surface area (Å²) in [4.78, 5) is 23.5. The molecule has 0 spiro atoms. The highest BCUT2D eigenvalue weighted by atomic mass is 32.2. The predicted octanol–water partition coefficient (Wildman–Crippen LogP) is 0.617. The predicted molar refractivity (Wildman–Crippen MR) is 86.5 cm³/mol. The minimum absolute atomic E-state index is 0.0911. The number of thioether (sulfide) groups is 1. The molecule has 3 N–H and O–H groups in total. The molecule has 0 saturated carbocycles. The Hall–Kier alpha value is -1.58. The van der Waals surface area contributed by atoms with Crippen molar-refractivity contribution < 1.29 is 18.0 Å². The van der Waals surface area contributed by atoms with Gasteiger partial charge in [-0.25, -0.2) is 8.42 Å². The lowest BCUT2D eigenvalue weighted by Gasteiger charge is -2.30. The minimum atomic E-state index is -3.60. The Morgan fingerprint density at radius 3 is 2.65 bits per heavy atom. The Morgan fingerprint density at radius 1 is 1.30 bits per heavy atom. The number of anilines is 1. The third-order valence-electron chi connectivity index (χ3n) is 4.08. The SMILES string of the molecule is NC(=O)C1CCN(S(=O)(=O)c2ccc3c(c2)SCC(=O)N3)CC1. The second kappa shape index (κ2) is 6.14. The van der Waals surface area contributed by atoms with Gasteiger partial charge in [0.1, 0.15) is 0 Å². The van der Waals surface area contributed by atoms with Crippen LogP contribution in [0, 0.1) is 5.92 Å². The molecule has 2 heterocycles. The molecule has 2 aliphatic heterocycles. The Morgan fingerprint density at radius 2 is 2.00 bits per heavy atom. The first kappa shape index (κ1) is 16.3. The Bertz CT molecular complexity index is 755. The van der Waals surface area contributed by atoms with Gasteiger partial charge in [-0.05, 0) is 31.0 Å². The summed E-state index contributed by atoms with van der Waals surface area (Å²) in [6.45, 7) is 0.577. The van der Waals surface area contributed by atoms with E-state index in [2.05, 4.69) is 5.32 Å². The van der Waals surface area contributed by atoms with Gasteiger partial charge in [-0.1, -0.05) is 0 Å². The average Bonchev–Trinajstić information content (AvgIpc) is 2.54. The van der Waals surface area contributed by atoms with Gasteiger partial charge < -0.3 is 11.1 Å². The molecule has 0 atom stereocenters. The Balaban J connectivity index is 1.81. The van der Waals surface area contributed by atoms with E-state index in [0.717, 1.165) is 4.90 Å². The van der Waals surface area contributed by atoms with E-state index in [1.54, 1.807) is 12.1 Å². The number of primary amides is 1. The number of nitrogens with one attached hydrogen (secondary N) is 1. The summed E-state index contributed by atoms with van der Waals surface area (Å²) in [5.74, 6) is -0.439. The number of nitrogens with two attached hydrogens (primary N) is 1. The van der Waals surface area contributed by atoms with Crippen molar-refractivity contribution >= 4 is 39.3 Å². The number of nitrogens with zero attached hydrogens (tertiary/aromatic N) is 1. The molecule has 9 heteroatoms. The van der Waals surface area contributed by atoms with Crippen molar-refractivity contribution in [1.82, 2.24) is 4.31 Å². The van der Waals surface area contributed by atoms with Gasteiger partial charge in [-0.3, -0.25) is 9.59 Å². The lowest BCUT2D eigenvalue weighted by atomic mass is 9.98. The van der Waals surface area contributed by atoms with Gasteiger partial charge in [0, 0.05) is 23.9 Å². The first-order chi connectivity index (χ1) is 10.9. The fourth-order valence-corrected chi connectivity index (χ4v) is 5.16. The number of rotatable bonds is 3. The Labute approximate surface area is 138 Å². The Kier molecular flexibility index (Phi) is 4.35. The summed E-state index contributed by atoms with van der Waals surface area (Å²) in [5, 5.41) is 2.72. The first-order valence-electron chi connectivity index (χ1n) is 7.24. The van der Waals surface area contributed by atoms with E-state index in [9.17, 15) is 18.0 Å². The van der Waals surface area contributed by atoms with Crippen LogP contribution in [0.4, 0.5) is 5.69 Å². The van der Waals surface area contributed by atoms with Crippen molar-refractivity contribution in [3.05, 3.63) is 18.2 Å². The summed E-state index contributed by atoms with van der Waals surface area (Å²) in [5.41, 5.74) is 5.91. The quantitative estimate of drug-likeness (QED) is 0.826. The van der Waals surface area contributed by atoms with Crippen LogP contribution in [0.1, 0.15) is 12.8 Å². The molecule has 1 aromatic rings. The molecule has 0 aliphatic carbocycles. The number of amides is 2. The van der Waals surface area contributed by atoms with E-state index < -0.39 is 10.0 Å². The molecule has 2 amide bonds. The van der Waals surface area contributed by atoms with E-state index in [4.69, 9.17) is 5.73 Å². The highest BCUT2D eigenvalue weighted by molar-refractivity contribution is 8.00. The number of hydrogen-bond acceptors (Lipinski definition) is 5. The van der Waals surface area contributed by atoms with Crippen molar-refractivity contribution in [3.8, 4) is 0 Å².